The number of nitrogens with one attached hydrogen (secondary N) is 2. The molecule has 0 aliphatic carbocycles. The first-order chi connectivity index (χ1) is 11.6. The average Bonchev–Trinajstić information content (AvgIpc) is 3.00. The summed E-state index contributed by atoms with van der Waals surface area (Å²) < 4.78 is 19.0. The summed E-state index contributed by atoms with van der Waals surface area (Å²) in [5.41, 5.74) is 2.27. The van der Waals surface area contributed by atoms with Crippen LogP contribution in [0, 0.1) is 17.1 Å². The molecule has 0 unspecified atom stereocenters. The number of hydrogen-bond acceptors (Lipinski definition) is 4. The molecule has 0 fully saturated rings. The summed E-state index contributed by atoms with van der Waals surface area (Å²) in [6.07, 6.45) is 1.42. The van der Waals surface area contributed by atoms with Gasteiger partial charge in [-0.25, -0.2) is 9.18 Å². The number of rotatable bonds is 6. The summed E-state index contributed by atoms with van der Waals surface area (Å²) in [4.78, 5) is 11.9. The van der Waals surface area contributed by atoms with E-state index in [2.05, 4.69) is 15.8 Å². The van der Waals surface area contributed by atoms with Crippen molar-refractivity contribution < 1.29 is 13.7 Å². The predicted octanol–water partition coefficient (Wildman–Crippen LogP) is 2.81. The molecule has 2 aromatic rings. The van der Waals surface area contributed by atoms with Crippen LogP contribution in [0.1, 0.15) is 42.0 Å². The Labute approximate surface area is 139 Å². The van der Waals surface area contributed by atoms with E-state index in [0.29, 0.717) is 18.5 Å². The Morgan fingerprint density at radius 3 is 2.67 bits per heavy atom. The van der Waals surface area contributed by atoms with Crippen molar-refractivity contribution in [3.63, 3.8) is 0 Å². The van der Waals surface area contributed by atoms with Crippen LogP contribution >= 0.6 is 0 Å². The normalized spacial score (nSPS) is 10.2. The summed E-state index contributed by atoms with van der Waals surface area (Å²) in [6.45, 7) is 4.26. The molecular weight excluding hydrogens is 311 g/mol. The molecule has 0 saturated heterocycles. The lowest BCUT2D eigenvalue weighted by Gasteiger charge is -2.09. The van der Waals surface area contributed by atoms with Gasteiger partial charge in [0, 0.05) is 30.6 Å². The molecule has 0 aliphatic heterocycles. The molecule has 7 heteroatoms. The number of aromatic nitrogens is 1. The highest BCUT2D eigenvalue weighted by Crippen LogP contribution is 2.15. The average molecular weight is 330 g/mol. The van der Waals surface area contributed by atoms with E-state index in [9.17, 15) is 9.18 Å². The Bertz CT molecular complexity index is 743. The number of benzene rings is 1. The van der Waals surface area contributed by atoms with Crippen molar-refractivity contribution in [3.05, 3.63) is 52.2 Å². The number of hydrogen-bond donors (Lipinski definition) is 2. The number of carbonyl (C=O) groups excluding carboxylic acids is 1. The van der Waals surface area contributed by atoms with Crippen LogP contribution in [0.4, 0.5) is 9.18 Å². The summed E-state index contributed by atoms with van der Waals surface area (Å²) in [5, 5.41) is 18.0. The van der Waals surface area contributed by atoms with Gasteiger partial charge in [-0.05, 0) is 18.6 Å². The minimum absolute atomic E-state index is 0.0360. The van der Waals surface area contributed by atoms with E-state index >= 15 is 0 Å². The Kier molecular flexibility index (Phi) is 5.90. The van der Waals surface area contributed by atoms with Crippen molar-refractivity contribution in [2.24, 2.45) is 0 Å². The lowest BCUT2D eigenvalue weighted by atomic mass is 10.1. The molecule has 0 radical (unpaired) electrons. The maximum atomic E-state index is 13.8. The molecule has 2 N–H and O–H groups in total. The van der Waals surface area contributed by atoms with Crippen LogP contribution < -0.4 is 10.6 Å². The van der Waals surface area contributed by atoms with E-state index in [0.717, 1.165) is 29.5 Å². The van der Waals surface area contributed by atoms with Crippen molar-refractivity contribution in [1.29, 1.82) is 5.26 Å². The van der Waals surface area contributed by atoms with E-state index in [1.165, 1.54) is 12.1 Å². The molecular formula is C17H19FN4O2. The third-order valence-electron chi connectivity index (χ3n) is 3.65. The zero-order valence-electron chi connectivity index (χ0n) is 13.6. The van der Waals surface area contributed by atoms with Gasteiger partial charge in [0.1, 0.15) is 11.6 Å². The van der Waals surface area contributed by atoms with Gasteiger partial charge in [0.25, 0.3) is 0 Å². The fraction of sp³-hybridized carbons (Fsp3) is 0.353. The van der Waals surface area contributed by atoms with E-state index in [1.54, 1.807) is 0 Å². The maximum Gasteiger partial charge on any atom is 0.315 e. The number of halogens is 1. The molecule has 24 heavy (non-hydrogen) atoms. The van der Waals surface area contributed by atoms with Gasteiger partial charge in [-0.1, -0.05) is 25.1 Å². The van der Waals surface area contributed by atoms with Crippen LogP contribution in [0.25, 0.3) is 0 Å². The monoisotopic (exact) mass is 330 g/mol. The topological polar surface area (TPSA) is 90.9 Å². The van der Waals surface area contributed by atoms with Crippen LogP contribution in [-0.4, -0.2) is 11.2 Å². The van der Waals surface area contributed by atoms with Crippen LogP contribution in [-0.2, 0) is 25.9 Å². The van der Waals surface area contributed by atoms with Crippen molar-refractivity contribution in [1.82, 2.24) is 15.8 Å². The molecule has 0 spiro atoms. The Hall–Kier alpha value is -2.88. The smallest absolute Gasteiger partial charge is 0.315 e. The third kappa shape index (κ3) is 4.10. The standard InChI is InChI=1S/C17H19FN4O2/c1-3-15-13(16(4-2)24-22-15)10-21-17(23)20-9-12-6-5-11(8-19)7-14(12)18/h5-7H,3-4,9-10H2,1-2H3,(H2,20,21,23). The zero-order valence-corrected chi connectivity index (χ0v) is 13.6. The van der Waals surface area contributed by atoms with Crippen LogP contribution in [0.5, 0.6) is 0 Å². The largest absolute Gasteiger partial charge is 0.361 e. The summed E-state index contributed by atoms with van der Waals surface area (Å²) in [7, 11) is 0. The first-order valence-electron chi connectivity index (χ1n) is 7.75. The molecule has 1 heterocycles. The number of nitrogens with zero attached hydrogens (tertiary/aromatic N) is 2. The van der Waals surface area contributed by atoms with E-state index in [-0.39, 0.29) is 12.1 Å². The lowest BCUT2D eigenvalue weighted by Crippen LogP contribution is -2.35. The van der Waals surface area contributed by atoms with Crippen molar-refractivity contribution in [2.45, 2.75) is 39.8 Å². The number of amides is 2. The van der Waals surface area contributed by atoms with Gasteiger partial charge in [0.2, 0.25) is 0 Å². The Morgan fingerprint density at radius 1 is 1.29 bits per heavy atom. The van der Waals surface area contributed by atoms with Gasteiger partial charge in [-0.15, -0.1) is 0 Å². The van der Waals surface area contributed by atoms with Gasteiger partial charge in [0.15, 0.2) is 0 Å². The second-order valence-corrected chi connectivity index (χ2v) is 5.19. The molecule has 1 aromatic heterocycles. The van der Waals surface area contributed by atoms with Gasteiger partial charge in [0.05, 0.1) is 17.3 Å². The van der Waals surface area contributed by atoms with Crippen LogP contribution in [0.2, 0.25) is 0 Å². The number of urea groups is 1. The number of nitriles is 1. The SMILES string of the molecule is CCc1noc(CC)c1CNC(=O)NCc1ccc(C#N)cc1F. The molecule has 1 aromatic carbocycles. The van der Waals surface area contributed by atoms with E-state index in [1.807, 2.05) is 19.9 Å². The molecule has 2 amide bonds. The number of aryl methyl sites for hydroxylation is 2. The van der Waals surface area contributed by atoms with Gasteiger partial charge in [-0.3, -0.25) is 0 Å². The molecule has 0 saturated carbocycles. The lowest BCUT2D eigenvalue weighted by molar-refractivity contribution is 0.240. The highest BCUT2D eigenvalue weighted by molar-refractivity contribution is 5.73. The first-order valence-corrected chi connectivity index (χ1v) is 7.75. The highest BCUT2D eigenvalue weighted by Gasteiger charge is 2.14. The molecule has 126 valence electrons. The fourth-order valence-corrected chi connectivity index (χ4v) is 2.30. The van der Waals surface area contributed by atoms with Crippen molar-refractivity contribution in [3.8, 4) is 6.07 Å². The molecule has 6 nitrogen and oxygen atoms in total. The second-order valence-electron chi connectivity index (χ2n) is 5.19. The van der Waals surface area contributed by atoms with Crippen molar-refractivity contribution >= 4 is 6.03 Å². The molecule has 2 rings (SSSR count). The van der Waals surface area contributed by atoms with Gasteiger partial charge < -0.3 is 15.2 Å². The minimum atomic E-state index is -0.519. The summed E-state index contributed by atoms with van der Waals surface area (Å²) >= 11 is 0. The van der Waals surface area contributed by atoms with Crippen LogP contribution in [0.3, 0.4) is 0 Å². The first kappa shape index (κ1) is 17.5. The van der Waals surface area contributed by atoms with Gasteiger partial charge >= 0.3 is 6.03 Å². The fourth-order valence-electron chi connectivity index (χ4n) is 2.30. The quantitative estimate of drug-likeness (QED) is 0.852. The third-order valence-corrected chi connectivity index (χ3v) is 3.65. The predicted molar refractivity (Wildman–Crippen MR) is 85.4 cm³/mol. The minimum Gasteiger partial charge on any atom is -0.361 e. The molecule has 0 bridgehead atoms. The second kappa shape index (κ2) is 8.11. The van der Waals surface area contributed by atoms with Crippen molar-refractivity contribution in [2.75, 3.05) is 0 Å². The summed E-state index contributed by atoms with van der Waals surface area (Å²) in [6, 6.07) is 5.59. The zero-order chi connectivity index (χ0) is 17.5. The Morgan fingerprint density at radius 2 is 2.04 bits per heavy atom. The highest BCUT2D eigenvalue weighted by atomic mass is 19.1. The number of carbonyl (C=O) groups is 1. The van der Waals surface area contributed by atoms with E-state index < -0.39 is 11.8 Å². The van der Waals surface area contributed by atoms with E-state index in [4.69, 9.17) is 9.78 Å². The van der Waals surface area contributed by atoms with Gasteiger partial charge in [-0.2, -0.15) is 5.26 Å². The maximum absolute atomic E-state index is 13.8. The molecule has 0 atom stereocenters. The molecule has 0 aliphatic rings. The van der Waals surface area contributed by atoms with Crippen LogP contribution in [0.15, 0.2) is 22.7 Å². The summed E-state index contributed by atoms with van der Waals surface area (Å²) in [5.74, 6) is 0.236. The Balaban J connectivity index is 1.90.